The summed E-state index contributed by atoms with van der Waals surface area (Å²) in [6.07, 6.45) is 1.60. The number of ether oxygens (including phenoxy) is 1. The number of hydrogen-bond donors (Lipinski definition) is 1. The molecule has 0 aromatic heterocycles. The van der Waals surface area contributed by atoms with Crippen molar-refractivity contribution in [3.05, 3.63) is 0 Å². The predicted molar refractivity (Wildman–Crippen MR) is 54.0 cm³/mol. The maximum atomic E-state index is 11.4. The van der Waals surface area contributed by atoms with Crippen LogP contribution < -0.4 is 5.32 Å². The molecule has 2 heterocycles. The number of hydroxylamine groups is 2. The highest BCUT2D eigenvalue weighted by atomic mass is 16.7. The zero-order chi connectivity index (χ0) is 11.4. The fourth-order valence-electron chi connectivity index (χ4n) is 1.79. The second-order valence-electron chi connectivity index (χ2n) is 3.96. The van der Waals surface area contributed by atoms with Gasteiger partial charge in [-0.3, -0.25) is 9.59 Å². The summed E-state index contributed by atoms with van der Waals surface area (Å²) in [5.41, 5.74) is 0. The maximum absolute atomic E-state index is 11.4. The van der Waals surface area contributed by atoms with Crippen molar-refractivity contribution in [3.63, 3.8) is 0 Å². The van der Waals surface area contributed by atoms with Gasteiger partial charge in [-0.1, -0.05) is 5.06 Å². The third-order valence-corrected chi connectivity index (χ3v) is 2.65. The van der Waals surface area contributed by atoms with Crippen LogP contribution in [0.3, 0.4) is 0 Å². The Kier molecular flexibility index (Phi) is 3.74. The maximum Gasteiger partial charge on any atom is 0.325 e. The van der Waals surface area contributed by atoms with Crippen LogP contribution in [-0.4, -0.2) is 42.9 Å². The Morgan fingerprint density at radius 3 is 2.75 bits per heavy atom. The van der Waals surface area contributed by atoms with Crippen LogP contribution in [0.1, 0.15) is 25.7 Å². The zero-order valence-electron chi connectivity index (χ0n) is 9.11. The van der Waals surface area contributed by atoms with Crippen molar-refractivity contribution in [2.45, 2.75) is 31.9 Å². The minimum absolute atomic E-state index is 0.225. The molecule has 2 rings (SSSR count). The summed E-state index contributed by atoms with van der Waals surface area (Å²) in [7, 11) is 0. The highest BCUT2D eigenvalue weighted by molar-refractivity contribution is 5.71. The summed E-state index contributed by atoms with van der Waals surface area (Å²) in [5.74, 6) is -0.471. The van der Waals surface area contributed by atoms with Crippen molar-refractivity contribution in [2.75, 3.05) is 19.6 Å². The van der Waals surface area contributed by atoms with Crippen LogP contribution in [0.4, 0.5) is 0 Å². The molecule has 6 nitrogen and oxygen atoms in total. The molecule has 1 N–H and O–H groups in total. The summed E-state index contributed by atoms with van der Waals surface area (Å²) in [6.45, 7) is 1.77. The first-order valence-electron chi connectivity index (χ1n) is 5.63. The summed E-state index contributed by atoms with van der Waals surface area (Å²) in [5, 5.41) is 4.55. The monoisotopic (exact) mass is 228 g/mol. The number of nitrogens with one attached hydrogen (secondary N) is 1. The number of piperazine rings is 1. The first kappa shape index (κ1) is 11.3. The predicted octanol–water partition coefficient (Wildman–Crippen LogP) is -0.207. The molecule has 1 atom stereocenters. The number of carbonyl (C=O) groups is 2. The number of hydrogen-bond acceptors (Lipinski definition) is 6. The van der Waals surface area contributed by atoms with Crippen LogP contribution in [-0.2, 0) is 19.2 Å². The lowest BCUT2D eigenvalue weighted by atomic mass is 10.2. The molecule has 90 valence electrons. The van der Waals surface area contributed by atoms with E-state index in [-0.39, 0.29) is 11.9 Å². The van der Waals surface area contributed by atoms with Crippen LogP contribution in [0.15, 0.2) is 0 Å². The Hall–Kier alpha value is -1.14. The highest BCUT2D eigenvalue weighted by Gasteiger charge is 2.29. The molecule has 1 unspecified atom stereocenters. The summed E-state index contributed by atoms with van der Waals surface area (Å²) < 4.78 is 5.23. The van der Waals surface area contributed by atoms with Crippen molar-refractivity contribution in [1.29, 1.82) is 0 Å². The zero-order valence-corrected chi connectivity index (χ0v) is 9.11. The van der Waals surface area contributed by atoms with E-state index in [1.165, 1.54) is 5.06 Å². The number of esters is 1. The average molecular weight is 228 g/mol. The van der Waals surface area contributed by atoms with E-state index in [4.69, 9.17) is 9.57 Å². The molecular weight excluding hydrogens is 212 g/mol. The van der Waals surface area contributed by atoms with Gasteiger partial charge >= 0.3 is 11.9 Å². The summed E-state index contributed by atoms with van der Waals surface area (Å²) in [6, 6.07) is 0. The van der Waals surface area contributed by atoms with Gasteiger partial charge in [-0.15, -0.1) is 0 Å². The summed E-state index contributed by atoms with van der Waals surface area (Å²) >= 11 is 0. The van der Waals surface area contributed by atoms with E-state index in [0.717, 1.165) is 6.54 Å². The standard InChI is InChI=1S/C10H16N2O4/c13-9-3-1-2-4-10(14)16-12-6-5-11-7-8(12)15-9/h8,11H,1-7H2. The van der Waals surface area contributed by atoms with E-state index in [1.54, 1.807) is 0 Å². The normalized spacial score (nSPS) is 28.9. The molecule has 0 aromatic rings. The largest absolute Gasteiger partial charge is 0.442 e. The Balaban J connectivity index is 2.01. The molecule has 2 aliphatic rings. The molecule has 0 amide bonds. The minimum atomic E-state index is -0.483. The van der Waals surface area contributed by atoms with Crippen molar-refractivity contribution in [2.24, 2.45) is 0 Å². The SMILES string of the molecule is O=C1CCCCC(=O)ON2CCNCC2O1. The molecule has 2 aliphatic heterocycles. The highest BCUT2D eigenvalue weighted by Crippen LogP contribution is 2.13. The molecule has 0 radical (unpaired) electrons. The first-order chi connectivity index (χ1) is 7.75. The van der Waals surface area contributed by atoms with Crippen molar-refractivity contribution < 1.29 is 19.2 Å². The summed E-state index contributed by atoms with van der Waals surface area (Å²) in [4.78, 5) is 28.0. The van der Waals surface area contributed by atoms with Gasteiger partial charge in [-0.2, -0.15) is 0 Å². The van der Waals surface area contributed by atoms with Gasteiger partial charge in [0.05, 0.1) is 6.54 Å². The lowest BCUT2D eigenvalue weighted by molar-refractivity contribution is -0.247. The van der Waals surface area contributed by atoms with Crippen LogP contribution in [0, 0.1) is 0 Å². The molecular formula is C10H16N2O4. The quantitative estimate of drug-likeness (QED) is 0.579. The molecule has 0 spiro atoms. The molecule has 16 heavy (non-hydrogen) atoms. The molecule has 6 heteroatoms. The fourth-order valence-corrected chi connectivity index (χ4v) is 1.79. The molecule has 2 fully saturated rings. The average Bonchev–Trinajstić information content (AvgIpc) is 2.27. The van der Waals surface area contributed by atoms with E-state index in [2.05, 4.69) is 5.32 Å². The second-order valence-corrected chi connectivity index (χ2v) is 3.96. The van der Waals surface area contributed by atoms with Gasteiger partial charge in [0.15, 0.2) is 6.23 Å². The Morgan fingerprint density at radius 2 is 1.94 bits per heavy atom. The van der Waals surface area contributed by atoms with Crippen molar-refractivity contribution >= 4 is 11.9 Å². The second kappa shape index (κ2) is 5.27. The Bertz CT molecular complexity index is 254. The smallest absolute Gasteiger partial charge is 0.325 e. The van der Waals surface area contributed by atoms with E-state index in [0.29, 0.717) is 38.8 Å². The Morgan fingerprint density at radius 1 is 1.19 bits per heavy atom. The fraction of sp³-hybridized carbons (Fsp3) is 0.800. The van der Waals surface area contributed by atoms with Crippen molar-refractivity contribution in [1.82, 2.24) is 10.4 Å². The van der Waals surface area contributed by atoms with E-state index in [9.17, 15) is 9.59 Å². The molecule has 0 bridgehead atoms. The van der Waals surface area contributed by atoms with Crippen LogP contribution >= 0.6 is 0 Å². The lowest BCUT2D eigenvalue weighted by Gasteiger charge is -2.33. The molecule has 0 saturated carbocycles. The minimum Gasteiger partial charge on any atom is -0.442 e. The van der Waals surface area contributed by atoms with E-state index >= 15 is 0 Å². The van der Waals surface area contributed by atoms with Gasteiger partial charge in [0.1, 0.15) is 0 Å². The van der Waals surface area contributed by atoms with Crippen LogP contribution in [0.2, 0.25) is 0 Å². The first-order valence-corrected chi connectivity index (χ1v) is 5.63. The van der Waals surface area contributed by atoms with Gasteiger partial charge in [0.2, 0.25) is 0 Å². The van der Waals surface area contributed by atoms with Crippen LogP contribution in [0.25, 0.3) is 0 Å². The van der Waals surface area contributed by atoms with Gasteiger partial charge in [0.25, 0.3) is 0 Å². The Labute approximate surface area is 93.8 Å². The van der Waals surface area contributed by atoms with E-state index < -0.39 is 6.23 Å². The van der Waals surface area contributed by atoms with Gasteiger partial charge in [-0.25, -0.2) is 0 Å². The van der Waals surface area contributed by atoms with Gasteiger partial charge < -0.3 is 14.9 Å². The topological polar surface area (TPSA) is 67.9 Å². The number of rotatable bonds is 0. The third kappa shape index (κ3) is 2.93. The number of carbonyl (C=O) groups excluding carboxylic acids is 2. The van der Waals surface area contributed by atoms with Crippen LogP contribution in [0.5, 0.6) is 0 Å². The van der Waals surface area contributed by atoms with E-state index in [1.807, 2.05) is 0 Å². The van der Waals surface area contributed by atoms with Crippen molar-refractivity contribution in [3.8, 4) is 0 Å². The number of nitrogens with zero attached hydrogens (tertiary/aromatic N) is 1. The molecule has 0 aromatic carbocycles. The molecule has 2 saturated heterocycles. The lowest BCUT2D eigenvalue weighted by Crippen LogP contribution is -2.53. The van der Waals surface area contributed by atoms with Gasteiger partial charge in [0, 0.05) is 25.9 Å². The molecule has 0 aliphatic carbocycles. The van der Waals surface area contributed by atoms with Gasteiger partial charge in [-0.05, 0) is 12.8 Å². The third-order valence-electron chi connectivity index (χ3n) is 2.65. The number of fused-ring (bicyclic) bond motifs is 1.